The molecule has 9 heteroatoms. The Hall–Kier alpha value is -2.36. The van der Waals surface area contributed by atoms with Crippen LogP contribution >= 0.6 is 0 Å². The largest absolute Gasteiger partial charge is 0.314 e. The first-order valence-corrected chi connectivity index (χ1v) is 23.8. The molecule has 9 nitrogen and oxygen atoms in total. The summed E-state index contributed by atoms with van der Waals surface area (Å²) in [4.78, 5) is 53.4. The molecule has 0 radical (unpaired) electrons. The standard InChI is InChI=1S/C48H87N5O4/c1-41(2)27-23-19-15-11-7-5-9-13-17-21-25-29-43-39-45(54)52(47(43)56)37-35-50-33-31-49-32-34-51-36-38-53-46(55)40-44(48(53)57)30-26-22-18-14-10-6-8-12-16-20-24-28-42(3)4/h25-26,29-30,41-44,49-51H,5-24,27-28,31-40H2,1-4H3. The molecule has 328 valence electrons. The van der Waals surface area contributed by atoms with Crippen molar-refractivity contribution in [1.82, 2.24) is 25.8 Å². The second kappa shape index (κ2) is 33.5. The van der Waals surface area contributed by atoms with E-state index in [-0.39, 0.29) is 48.3 Å². The predicted octanol–water partition coefficient (Wildman–Crippen LogP) is 9.51. The van der Waals surface area contributed by atoms with Gasteiger partial charge in [-0.15, -0.1) is 0 Å². The Morgan fingerprint density at radius 3 is 1.09 bits per heavy atom. The molecule has 4 amide bonds. The Balaban J connectivity index is 1.39. The summed E-state index contributed by atoms with van der Waals surface area (Å²) in [7, 11) is 0. The minimum atomic E-state index is -0.305. The maximum atomic E-state index is 12.8. The van der Waals surface area contributed by atoms with Crippen LogP contribution in [-0.2, 0) is 19.2 Å². The summed E-state index contributed by atoms with van der Waals surface area (Å²) >= 11 is 0. The highest BCUT2D eigenvalue weighted by molar-refractivity contribution is 6.05. The molecule has 2 aliphatic rings. The second-order valence-electron chi connectivity index (χ2n) is 17.8. The molecule has 0 bridgehead atoms. The van der Waals surface area contributed by atoms with Gasteiger partial charge in [0, 0.05) is 65.2 Å². The Labute approximate surface area is 349 Å². The smallest absolute Gasteiger partial charge is 0.236 e. The van der Waals surface area contributed by atoms with Crippen LogP contribution in [0.5, 0.6) is 0 Å². The van der Waals surface area contributed by atoms with Crippen LogP contribution in [0.1, 0.15) is 182 Å². The predicted molar refractivity (Wildman–Crippen MR) is 238 cm³/mol. The number of nitrogens with one attached hydrogen (secondary N) is 3. The highest BCUT2D eigenvalue weighted by atomic mass is 16.2. The second-order valence-corrected chi connectivity index (χ2v) is 17.8. The maximum absolute atomic E-state index is 12.8. The Kier molecular flexibility index (Phi) is 29.8. The molecule has 3 N–H and O–H groups in total. The van der Waals surface area contributed by atoms with Crippen molar-refractivity contribution in [2.75, 3.05) is 52.4 Å². The zero-order chi connectivity index (χ0) is 41.4. The number of imide groups is 2. The van der Waals surface area contributed by atoms with E-state index in [0.29, 0.717) is 26.2 Å². The normalized spacial score (nSPS) is 17.8. The minimum Gasteiger partial charge on any atom is -0.314 e. The van der Waals surface area contributed by atoms with Gasteiger partial charge in [-0.25, -0.2) is 0 Å². The van der Waals surface area contributed by atoms with E-state index in [9.17, 15) is 19.2 Å². The first-order valence-electron chi connectivity index (χ1n) is 23.8. The lowest BCUT2D eigenvalue weighted by Gasteiger charge is -2.15. The molecular weight excluding hydrogens is 711 g/mol. The van der Waals surface area contributed by atoms with E-state index < -0.39 is 0 Å². The van der Waals surface area contributed by atoms with Crippen LogP contribution in [0.2, 0.25) is 0 Å². The van der Waals surface area contributed by atoms with E-state index in [2.05, 4.69) is 55.8 Å². The minimum absolute atomic E-state index is 0.0652. The van der Waals surface area contributed by atoms with Crippen molar-refractivity contribution in [2.45, 2.75) is 182 Å². The van der Waals surface area contributed by atoms with E-state index in [1.807, 2.05) is 12.2 Å². The highest BCUT2D eigenvalue weighted by Gasteiger charge is 2.37. The summed E-state index contributed by atoms with van der Waals surface area (Å²) < 4.78 is 0. The molecule has 57 heavy (non-hydrogen) atoms. The maximum Gasteiger partial charge on any atom is 0.236 e. The number of likely N-dealkylation sites (tertiary alicyclic amines) is 2. The molecule has 0 aromatic heterocycles. The first-order chi connectivity index (χ1) is 27.7. The molecule has 2 unspecified atom stereocenters. The molecule has 2 fully saturated rings. The Morgan fingerprint density at radius 1 is 0.456 bits per heavy atom. The fraction of sp³-hybridized carbons (Fsp3) is 0.833. The van der Waals surface area contributed by atoms with E-state index >= 15 is 0 Å². The molecule has 0 spiro atoms. The van der Waals surface area contributed by atoms with Crippen LogP contribution in [-0.4, -0.2) is 85.8 Å². The lowest BCUT2D eigenvalue weighted by molar-refractivity contribution is -0.140. The van der Waals surface area contributed by atoms with Crippen molar-refractivity contribution in [3.63, 3.8) is 0 Å². The zero-order valence-electron chi connectivity index (χ0n) is 37.3. The van der Waals surface area contributed by atoms with Gasteiger partial charge in [0.05, 0.1) is 11.8 Å². The third kappa shape index (κ3) is 25.0. The average molecular weight is 798 g/mol. The van der Waals surface area contributed by atoms with Crippen molar-refractivity contribution in [2.24, 2.45) is 23.7 Å². The zero-order valence-corrected chi connectivity index (χ0v) is 37.3. The number of unbranched alkanes of at least 4 members (excludes halogenated alkanes) is 18. The van der Waals surface area contributed by atoms with Gasteiger partial charge in [-0.3, -0.25) is 29.0 Å². The fourth-order valence-corrected chi connectivity index (χ4v) is 7.92. The van der Waals surface area contributed by atoms with Gasteiger partial charge in [0.1, 0.15) is 0 Å². The number of rotatable bonds is 38. The monoisotopic (exact) mass is 798 g/mol. The number of carbonyl (C=O) groups is 4. The molecule has 2 heterocycles. The van der Waals surface area contributed by atoms with E-state index in [1.54, 1.807) is 0 Å². The summed E-state index contributed by atoms with van der Waals surface area (Å²) in [5, 5.41) is 10.0. The third-order valence-electron chi connectivity index (χ3n) is 11.6. The summed E-state index contributed by atoms with van der Waals surface area (Å²) in [5.74, 6) is 0.778. The van der Waals surface area contributed by atoms with E-state index in [1.165, 1.54) is 125 Å². The van der Waals surface area contributed by atoms with E-state index in [0.717, 1.165) is 63.7 Å². The summed E-state index contributed by atoms with van der Waals surface area (Å²) in [6.45, 7) is 14.2. The quantitative estimate of drug-likeness (QED) is 0.0324. The molecule has 0 aliphatic carbocycles. The van der Waals surface area contributed by atoms with Crippen LogP contribution < -0.4 is 16.0 Å². The molecule has 2 atom stereocenters. The molecular formula is C48H87N5O4. The SMILES string of the molecule is CC(C)CCCCCCCCCCCC=CC1CC(=O)N(CCNCCNCCNCCN2C(=O)CC(C=CCCCCCCCCCCCC(C)C)C2=O)C1=O. The number of amides is 4. The third-order valence-corrected chi connectivity index (χ3v) is 11.6. The van der Waals surface area contributed by atoms with Gasteiger partial charge < -0.3 is 16.0 Å². The molecule has 2 saturated heterocycles. The van der Waals surface area contributed by atoms with Gasteiger partial charge in [-0.1, -0.05) is 168 Å². The van der Waals surface area contributed by atoms with Gasteiger partial charge >= 0.3 is 0 Å². The lowest BCUT2D eigenvalue weighted by Crippen LogP contribution is -2.40. The topological polar surface area (TPSA) is 111 Å². The Morgan fingerprint density at radius 2 is 0.754 bits per heavy atom. The van der Waals surface area contributed by atoms with E-state index in [4.69, 9.17) is 0 Å². The van der Waals surface area contributed by atoms with Crippen molar-refractivity contribution in [1.29, 1.82) is 0 Å². The summed E-state index contributed by atoms with van der Waals surface area (Å²) in [6.07, 6.45) is 37.1. The van der Waals surface area contributed by atoms with Crippen LogP contribution in [0.4, 0.5) is 0 Å². The van der Waals surface area contributed by atoms with Gasteiger partial charge in [0.25, 0.3) is 0 Å². The van der Waals surface area contributed by atoms with Crippen LogP contribution in [0, 0.1) is 23.7 Å². The first kappa shape index (κ1) is 50.8. The van der Waals surface area contributed by atoms with Gasteiger partial charge in [0.2, 0.25) is 23.6 Å². The molecule has 2 rings (SSSR count). The van der Waals surface area contributed by atoms with Gasteiger partial charge in [0.15, 0.2) is 0 Å². The number of hydrogen-bond donors (Lipinski definition) is 3. The van der Waals surface area contributed by atoms with Crippen LogP contribution in [0.25, 0.3) is 0 Å². The molecule has 2 aliphatic heterocycles. The van der Waals surface area contributed by atoms with Crippen molar-refractivity contribution >= 4 is 23.6 Å². The lowest BCUT2D eigenvalue weighted by atomic mass is 10.0. The number of allylic oxidation sites excluding steroid dienone is 2. The van der Waals surface area contributed by atoms with Crippen LogP contribution in [0.15, 0.2) is 24.3 Å². The number of hydrogen-bond acceptors (Lipinski definition) is 7. The van der Waals surface area contributed by atoms with Gasteiger partial charge in [-0.05, 0) is 37.5 Å². The highest BCUT2D eigenvalue weighted by Crippen LogP contribution is 2.23. The fourth-order valence-electron chi connectivity index (χ4n) is 7.92. The summed E-state index contributed by atoms with van der Waals surface area (Å²) in [6, 6.07) is 0. The average Bonchev–Trinajstić information content (AvgIpc) is 3.60. The van der Waals surface area contributed by atoms with Crippen LogP contribution in [0.3, 0.4) is 0 Å². The molecule has 0 aromatic rings. The van der Waals surface area contributed by atoms with Crippen molar-refractivity contribution in [3.8, 4) is 0 Å². The van der Waals surface area contributed by atoms with Crippen molar-refractivity contribution in [3.05, 3.63) is 24.3 Å². The number of nitrogens with zero attached hydrogens (tertiary/aromatic N) is 2. The molecule has 0 aromatic carbocycles. The number of carbonyl (C=O) groups excluding carboxylic acids is 4. The molecule has 0 saturated carbocycles. The summed E-state index contributed by atoms with van der Waals surface area (Å²) in [5.41, 5.74) is 0. The van der Waals surface area contributed by atoms with Crippen molar-refractivity contribution < 1.29 is 19.2 Å². The Bertz CT molecular complexity index is 1050. The van der Waals surface area contributed by atoms with Gasteiger partial charge in [-0.2, -0.15) is 0 Å².